The first-order valence-electron chi connectivity index (χ1n) is 5.24. The van der Waals surface area contributed by atoms with Crippen molar-refractivity contribution < 1.29 is 27.3 Å². The van der Waals surface area contributed by atoms with Crippen LogP contribution in [0.2, 0.25) is 0 Å². The fourth-order valence-electron chi connectivity index (χ4n) is 1.36. The summed E-state index contributed by atoms with van der Waals surface area (Å²) in [6.07, 6.45) is -5.12. The number of halogens is 3. The van der Waals surface area contributed by atoms with Gasteiger partial charge in [-0.3, -0.25) is 20.2 Å². The van der Waals surface area contributed by atoms with Crippen molar-refractivity contribution in [2.75, 3.05) is 5.32 Å². The van der Waals surface area contributed by atoms with Gasteiger partial charge in [0.2, 0.25) is 0 Å². The molecule has 110 valence electrons. The Morgan fingerprint density at radius 1 is 1.29 bits per heavy atom. The van der Waals surface area contributed by atoms with Crippen molar-refractivity contribution in [2.45, 2.75) is 6.18 Å². The highest BCUT2D eigenvalue weighted by atomic mass is 19.4. The van der Waals surface area contributed by atoms with Gasteiger partial charge in [-0.15, -0.1) is 5.10 Å². The number of hydrogen-bond acceptors (Lipinski definition) is 6. The van der Waals surface area contributed by atoms with E-state index in [4.69, 9.17) is 4.42 Å². The van der Waals surface area contributed by atoms with E-state index in [0.29, 0.717) is 0 Å². The van der Waals surface area contributed by atoms with E-state index in [-0.39, 0.29) is 17.1 Å². The molecule has 0 unspecified atom stereocenters. The second-order valence-corrected chi connectivity index (χ2v) is 3.64. The molecule has 0 fully saturated rings. The minimum absolute atomic E-state index is 0.0810. The zero-order chi connectivity index (χ0) is 15.6. The number of carbonyl (C=O) groups is 1. The average Bonchev–Trinajstić information content (AvgIpc) is 2.86. The van der Waals surface area contributed by atoms with Gasteiger partial charge in [0.05, 0.1) is 4.92 Å². The van der Waals surface area contributed by atoms with E-state index in [0.717, 1.165) is 6.07 Å². The molecule has 0 radical (unpaired) electrons. The molecule has 0 saturated heterocycles. The lowest BCUT2D eigenvalue weighted by Crippen LogP contribution is -2.30. The van der Waals surface area contributed by atoms with Crippen LogP contribution >= 0.6 is 0 Å². The maximum Gasteiger partial charge on any atom is 0.471 e. The van der Waals surface area contributed by atoms with Crippen LogP contribution in [0.15, 0.2) is 28.7 Å². The second-order valence-electron chi connectivity index (χ2n) is 3.64. The Labute approximate surface area is 113 Å². The lowest BCUT2D eigenvalue weighted by atomic mass is 10.2. The quantitative estimate of drug-likeness (QED) is 0.686. The number of benzene rings is 1. The molecule has 0 aliphatic carbocycles. The third-order valence-corrected chi connectivity index (χ3v) is 2.23. The maximum absolute atomic E-state index is 12.0. The summed E-state index contributed by atoms with van der Waals surface area (Å²) >= 11 is 0. The monoisotopic (exact) mass is 302 g/mol. The predicted molar refractivity (Wildman–Crippen MR) is 61.1 cm³/mol. The molecule has 21 heavy (non-hydrogen) atoms. The van der Waals surface area contributed by atoms with Gasteiger partial charge in [-0.1, -0.05) is 17.2 Å². The number of nitro groups is 1. The van der Waals surface area contributed by atoms with Gasteiger partial charge in [0.15, 0.2) is 0 Å². The molecule has 11 heteroatoms. The molecule has 1 N–H and O–H groups in total. The number of nitro benzene ring substituents is 1. The van der Waals surface area contributed by atoms with Gasteiger partial charge >= 0.3 is 18.1 Å². The van der Waals surface area contributed by atoms with Crippen molar-refractivity contribution in [1.82, 2.24) is 10.2 Å². The smallest absolute Gasteiger partial charge is 0.403 e. The summed E-state index contributed by atoms with van der Waals surface area (Å²) in [4.78, 5) is 20.8. The standard InChI is InChI=1S/C10H5F3N4O4/c11-10(12,13)8(18)14-9-16-15-7(21-9)5-3-1-2-4-6(5)17(19)20/h1-4H,(H,14,16,18). The molecule has 1 aromatic carbocycles. The van der Waals surface area contributed by atoms with Crippen LogP contribution in [0.5, 0.6) is 0 Å². The third-order valence-electron chi connectivity index (χ3n) is 2.23. The number of hydrogen-bond donors (Lipinski definition) is 1. The molecule has 0 bridgehead atoms. The van der Waals surface area contributed by atoms with Crippen molar-refractivity contribution >= 4 is 17.6 Å². The van der Waals surface area contributed by atoms with Crippen molar-refractivity contribution in [1.29, 1.82) is 0 Å². The van der Waals surface area contributed by atoms with Crippen LogP contribution in [0, 0.1) is 10.1 Å². The Balaban J connectivity index is 2.29. The largest absolute Gasteiger partial charge is 0.471 e. The van der Waals surface area contributed by atoms with Crippen LogP contribution in [-0.4, -0.2) is 27.2 Å². The highest BCUT2D eigenvalue weighted by Crippen LogP contribution is 2.29. The predicted octanol–water partition coefficient (Wildman–Crippen LogP) is 2.15. The molecule has 0 saturated carbocycles. The van der Waals surface area contributed by atoms with Gasteiger partial charge in [-0.05, 0) is 6.07 Å². The van der Waals surface area contributed by atoms with Gasteiger partial charge in [0, 0.05) is 6.07 Å². The summed E-state index contributed by atoms with van der Waals surface area (Å²) in [5, 5.41) is 18.7. The van der Waals surface area contributed by atoms with Crippen molar-refractivity contribution in [3.05, 3.63) is 34.4 Å². The van der Waals surface area contributed by atoms with E-state index in [2.05, 4.69) is 10.2 Å². The highest BCUT2D eigenvalue weighted by molar-refractivity contribution is 5.93. The summed E-state index contributed by atoms with van der Waals surface area (Å²) < 4.78 is 40.9. The van der Waals surface area contributed by atoms with E-state index in [1.807, 2.05) is 0 Å². The number of anilines is 1. The number of carbonyl (C=O) groups excluding carboxylic acids is 1. The Bertz CT molecular complexity index is 698. The summed E-state index contributed by atoms with van der Waals surface area (Å²) in [7, 11) is 0. The minimum Gasteiger partial charge on any atom is -0.403 e. The van der Waals surface area contributed by atoms with Crippen molar-refractivity contribution in [3.63, 3.8) is 0 Å². The van der Waals surface area contributed by atoms with Crippen molar-refractivity contribution in [3.8, 4) is 11.5 Å². The molecule has 0 aliphatic heterocycles. The molecular formula is C10H5F3N4O4. The van der Waals surface area contributed by atoms with Gasteiger partial charge in [0.1, 0.15) is 5.56 Å². The molecular weight excluding hydrogens is 297 g/mol. The number of para-hydroxylation sites is 1. The normalized spacial score (nSPS) is 11.2. The summed E-state index contributed by atoms with van der Waals surface area (Å²) in [5.41, 5.74) is -0.447. The molecule has 2 aromatic rings. The molecule has 0 aliphatic rings. The maximum atomic E-state index is 12.0. The molecule has 1 amide bonds. The van der Waals surface area contributed by atoms with Gasteiger partial charge < -0.3 is 4.42 Å². The first-order valence-corrected chi connectivity index (χ1v) is 5.24. The first-order chi connectivity index (χ1) is 9.79. The van der Waals surface area contributed by atoms with E-state index in [1.54, 1.807) is 0 Å². The van der Waals surface area contributed by atoms with Crippen LogP contribution in [0.3, 0.4) is 0 Å². The fraction of sp³-hybridized carbons (Fsp3) is 0.100. The van der Waals surface area contributed by atoms with Crippen LogP contribution in [0.4, 0.5) is 24.9 Å². The van der Waals surface area contributed by atoms with Crippen LogP contribution in [-0.2, 0) is 4.79 Å². The van der Waals surface area contributed by atoms with Crippen LogP contribution < -0.4 is 5.32 Å². The van der Waals surface area contributed by atoms with E-state index < -0.39 is 23.0 Å². The van der Waals surface area contributed by atoms with E-state index in [9.17, 15) is 28.1 Å². The van der Waals surface area contributed by atoms with E-state index >= 15 is 0 Å². The van der Waals surface area contributed by atoms with E-state index in [1.165, 1.54) is 23.5 Å². The molecule has 0 spiro atoms. The molecule has 0 atom stereocenters. The Morgan fingerprint density at radius 3 is 2.57 bits per heavy atom. The summed E-state index contributed by atoms with van der Waals surface area (Å²) in [6, 6.07) is 4.46. The molecule has 2 rings (SSSR count). The van der Waals surface area contributed by atoms with Gasteiger partial charge in [0.25, 0.3) is 11.6 Å². The highest BCUT2D eigenvalue weighted by Gasteiger charge is 2.39. The zero-order valence-corrected chi connectivity index (χ0v) is 9.92. The van der Waals surface area contributed by atoms with Crippen LogP contribution in [0.1, 0.15) is 0 Å². The number of rotatable bonds is 3. The molecule has 1 heterocycles. The number of nitrogens with zero attached hydrogens (tertiary/aromatic N) is 3. The van der Waals surface area contributed by atoms with Gasteiger partial charge in [-0.2, -0.15) is 13.2 Å². The Hall–Kier alpha value is -2.98. The number of alkyl halides is 3. The third kappa shape index (κ3) is 3.13. The van der Waals surface area contributed by atoms with Gasteiger partial charge in [-0.25, -0.2) is 0 Å². The Kier molecular flexibility index (Phi) is 3.56. The lowest BCUT2D eigenvalue weighted by Gasteiger charge is -2.03. The number of aromatic nitrogens is 2. The molecule has 1 aromatic heterocycles. The topological polar surface area (TPSA) is 111 Å². The first kappa shape index (κ1) is 14.4. The minimum atomic E-state index is -5.12. The molecule has 8 nitrogen and oxygen atoms in total. The number of amides is 1. The average molecular weight is 302 g/mol. The fourth-order valence-corrected chi connectivity index (χ4v) is 1.36. The zero-order valence-electron chi connectivity index (χ0n) is 9.92. The summed E-state index contributed by atoms with van der Waals surface area (Å²) in [6.45, 7) is 0. The van der Waals surface area contributed by atoms with Crippen LogP contribution in [0.25, 0.3) is 11.5 Å². The van der Waals surface area contributed by atoms with Crippen molar-refractivity contribution in [2.24, 2.45) is 0 Å². The number of nitrogens with one attached hydrogen (secondary N) is 1. The second kappa shape index (κ2) is 5.19. The Morgan fingerprint density at radius 2 is 1.95 bits per heavy atom. The SMILES string of the molecule is O=C(Nc1nnc(-c2ccccc2[N+](=O)[O-])o1)C(F)(F)F. The summed E-state index contributed by atoms with van der Waals surface area (Å²) in [5.74, 6) is -2.68. The lowest BCUT2D eigenvalue weighted by molar-refractivity contribution is -0.384.